The molecule has 0 fully saturated rings. The molecule has 0 spiro atoms. The number of anilines is 1. The Morgan fingerprint density at radius 2 is 2.05 bits per heavy atom. The second kappa shape index (κ2) is 7.25. The Bertz CT molecular complexity index is 460. The van der Waals surface area contributed by atoms with Crippen LogP contribution in [0.1, 0.15) is 23.7 Å². The van der Waals surface area contributed by atoms with E-state index >= 15 is 0 Å². The molecule has 0 heterocycles. The summed E-state index contributed by atoms with van der Waals surface area (Å²) >= 11 is 0. The summed E-state index contributed by atoms with van der Waals surface area (Å²) in [5.74, 6) is -0.203. The maximum Gasteiger partial charge on any atom is 0.338 e. The van der Waals surface area contributed by atoms with Gasteiger partial charge in [0.05, 0.1) is 19.1 Å². The molecule has 0 aromatic heterocycles. The number of nitrogen functional groups attached to an aromatic ring is 1. The molecule has 19 heavy (non-hydrogen) atoms. The van der Waals surface area contributed by atoms with Crippen LogP contribution in [-0.2, 0) is 9.53 Å². The number of ether oxygens (including phenoxy) is 2. The molecule has 0 aliphatic heterocycles. The Balaban J connectivity index is 2.54. The predicted octanol–water partition coefficient (Wildman–Crippen LogP) is 0.960. The van der Waals surface area contributed by atoms with Crippen LogP contribution < -0.4 is 15.8 Å². The second-order valence-electron chi connectivity index (χ2n) is 3.83. The zero-order valence-electron chi connectivity index (χ0n) is 11.1. The van der Waals surface area contributed by atoms with Crippen molar-refractivity contribution in [2.45, 2.75) is 13.3 Å². The zero-order valence-corrected chi connectivity index (χ0v) is 11.1. The number of carbonyl (C=O) groups is 2. The van der Waals surface area contributed by atoms with Crippen molar-refractivity contribution >= 4 is 17.6 Å². The second-order valence-corrected chi connectivity index (χ2v) is 3.83. The van der Waals surface area contributed by atoms with E-state index in [1.54, 1.807) is 6.07 Å². The molecule has 0 bridgehead atoms. The largest absolute Gasteiger partial charge is 0.497 e. The van der Waals surface area contributed by atoms with E-state index < -0.39 is 5.97 Å². The Kier molecular flexibility index (Phi) is 5.66. The maximum atomic E-state index is 11.7. The molecule has 0 saturated heterocycles. The molecule has 3 N–H and O–H groups in total. The number of hydrogen-bond donors (Lipinski definition) is 2. The van der Waals surface area contributed by atoms with Crippen molar-refractivity contribution in [3.63, 3.8) is 0 Å². The van der Waals surface area contributed by atoms with Crippen molar-refractivity contribution in [3.05, 3.63) is 23.8 Å². The van der Waals surface area contributed by atoms with Gasteiger partial charge in [0.25, 0.3) is 0 Å². The molecule has 6 nitrogen and oxygen atoms in total. The molecule has 104 valence electrons. The highest BCUT2D eigenvalue weighted by atomic mass is 16.5. The van der Waals surface area contributed by atoms with Gasteiger partial charge in [0.2, 0.25) is 5.91 Å². The molecule has 0 aliphatic carbocycles. The monoisotopic (exact) mass is 266 g/mol. The van der Waals surface area contributed by atoms with Crippen LogP contribution in [0.5, 0.6) is 5.75 Å². The van der Waals surface area contributed by atoms with Gasteiger partial charge in [-0.1, -0.05) is 0 Å². The highest BCUT2D eigenvalue weighted by Crippen LogP contribution is 2.19. The predicted molar refractivity (Wildman–Crippen MR) is 71.0 cm³/mol. The van der Waals surface area contributed by atoms with Crippen LogP contribution in [0.3, 0.4) is 0 Å². The van der Waals surface area contributed by atoms with Crippen molar-refractivity contribution in [1.82, 2.24) is 5.32 Å². The highest BCUT2D eigenvalue weighted by molar-refractivity contribution is 5.91. The van der Waals surface area contributed by atoms with Gasteiger partial charge in [-0.3, -0.25) is 4.79 Å². The van der Waals surface area contributed by atoms with E-state index in [9.17, 15) is 9.59 Å². The number of benzene rings is 1. The van der Waals surface area contributed by atoms with Crippen molar-refractivity contribution in [2.75, 3.05) is 26.0 Å². The third-order valence-electron chi connectivity index (χ3n) is 2.34. The van der Waals surface area contributed by atoms with Crippen LogP contribution in [0.4, 0.5) is 5.69 Å². The van der Waals surface area contributed by atoms with Gasteiger partial charge in [-0.05, 0) is 19.1 Å². The van der Waals surface area contributed by atoms with Crippen molar-refractivity contribution < 1.29 is 19.1 Å². The molecule has 6 heteroatoms. The topological polar surface area (TPSA) is 90.7 Å². The highest BCUT2D eigenvalue weighted by Gasteiger charge is 2.10. The first-order chi connectivity index (χ1) is 9.06. The maximum absolute atomic E-state index is 11.7. The molecular weight excluding hydrogens is 248 g/mol. The molecule has 0 saturated carbocycles. The first-order valence-corrected chi connectivity index (χ1v) is 5.95. The first kappa shape index (κ1) is 14.8. The fraction of sp³-hybridized carbons (Fsp3) is 0.385. The Labute approximate surface area is 111 Å². The Hall–Kier alpha value is -2.24. The summed E-state index contributed by atoms with van der Waals surface area (Å²) in [5, 5.41) is 2.62. The number of rotatable bonds is 6. The van der Waals surface area contributed by atoms with Crippen LogP contribution in [0.15, 0.2) is 18.2 Å². The minimum absolute atomic E-state index is 0.0295. The minimum atomic E-state index is -0.533. The molecule has 1 aromatic rings. The number of methoxy groups -OCH3 is 1. The first-order valence-electron chi connectivity index (χ1n) is 5.95. The minimum Gasteiger partial charge on any atom is -0.497 e. The summed E-state index contributed by atoms with van der Waals surface area (Å²) in [6.07, 6.45) is 0.138. The summed E-state index contributed by atoms with van der Waals surface area (Å²) in [6.45, 7) is 2.41. The average Bonchev–Trinajstić information content (AvgIpc) is 2.38. The van der Waals surface area contributed by atoms with E-state index in [2.05, 4.69) is 5.32 Å². The molecule has 1 aromatic carbocycles. The van der Waals surface area contributed by atoms with Gasteiger partial charge in [0, 0.05) is 18.3 Å². The molecular formula is C13H18N2O4. The van der Waals surface area contributed by atoms with Crippen LogP contribution in [0.25, 0.3) is 0 Å². The quantitative estimate of drug-likeness (QED) is 0.591. The van der Waals surface area contributed by atoms with Crippen molar-refractivity contribution in [1.29, 1.82) is 0 Å². The van der Waals surface area contributed by atoms with Crippen molar-refractivity contribution in [3.8, 4) is 5.75 Å². The van der Waals surface area contributed by atoms with Gasteiger partial charge in [-0.15, -0.1) is 0 Å². The molecule has 1 amide bonds. The van der Waals surface area contributed by atoms with Gasteiger partial charge in [-0.2, -0.15) is 0 Å². The van der Waals surface area contributed by atoms with E-state index in [0.29, 0.717) is 23.5 Å². The summed E-state index contributed by atoms with van der Waals surface area (Å²) in [5.41, 5.74) is 6.35. The normalized spacial score (nSPS) is 9.79. The Morgan fingerprint density at radius 1 is 1.32 bits per heavy atom. The molecule has 0 radical (unpaired) electrons. The zero-order chi connectivity index (χ0) is 14.3. The number of nitrogens with two attached hydrogens (primary N) is 1. The fourth-order valence-electron chi connectivity index (χ4n) is 1.46. The van der Waals surface area contributed by atoms with Crippen LogP contribution in [0, 0.1) is 0 Å². The van der Waals surface area contributed by atoms with Gasteiger partial charge in [-0.25, -0.2) is 4.79 Å². The Morgan fingerprint density at radius 3 is 2.68 bits per heavy atom. The van der Waals surface area contributed by atoms with Crippen molar-refractivity contribution in [2.24, 2.45) is 0 Å². The van der Waals surface area contributed by atoms with Gasteiger partial charge in [0.15, 0.2) is 0 Å². The SMILES string of the molecule is CCNC(=O)CCOC(=O)c1cc(N)cc(OC)c1. The lowest BCUT2D eigenvalue weighted by molar-refractivity contribution is -0.121. The molecule has 1 rings (SSSR count). The van der Waals surface area contributed by atoms with E-state index in [-0.39, 0.29) is 18.9 Å². The van der Waals surface area contributed by atoms with Crippen LogP contribution in [-0.4, -0.2) is 32.1 Å². The van der Waals surface area contributed by atoms with Gasteiger partial charge >= 0.3 is 5.97 Å². The lowest BCUT2D eigenvalue weighted by Gasteiger charge is -2.07. The number of amides is 1. The number of carbonyl (C=O) groups excluding carboxylic acids is 2. The smallest absolute Gasteiger partial charge is 0.338 e. The fourth-order valence-corrected chi connectivity index (χ4v) is 1.46. The lowest BCUT2D eigenvalue weighted by atomic mass is 10.2. The summed E-state index contributed by atoms with van der Waals surface area (Å²) in [4.78, 5) is 22.9. The molecule has 0 unspecified atom stereocenters. The number of esters is 1. The summed E-state index contributed by atoms with van der Waals surface area (Å²) < 4.78 is 10.00. The number of nitrogens with one attached hydrogen (secondary N) is 1. The van der Waals surface area contributed by atoms with E-state index in [1.807, 2.05) is 6.92 Å². The third-order valence-corrected chi connectivity index (χ3v) is 2.34. The van der Waals surface area contributed by atoms with E-state index in [0.717, 1.165) is 0 Å². The molecule has 0 aliphatic rings. The van der Waals surface area contributed by atoms with Gasteiger partial charge < -0.3 is 20.5 Å². The third kappa shape index (κ3) is 4.87. The summed E-state index contributed by atoms with van der Waals surface area (Å²) in [7, 11) is 1.49. The number of hydrogen-bond acceptors (Lipinski definition) is 5. The van der Waals surface area contributed by atoms with Crippen LogP contribution in [0.2, 0.25) is 0 Å². The average molecular weight is 266 g/mol. The molecule has 0 atom stereocenters. The standard InChI is InChI=1S/C13H18N2O4/c1-3-15-12(16)4-5-19-13(17)9-6-10(14)8-11(7-9)18-2/h6-8H,3-5,14H2,1-2H3,(H,15,16). The lowest BCUT2D eigenvalue weighted by Crippen LogP contribution is -2.24. The summed E-state index contributed by atoms with van der Waals surface area (Å²) in [6, 6.07) is 4.63. The van der Waals surface area contributed by atoms with E-state index in [1.165, 1.54) is 19.2 Å². The van der Waals surface area contributed by atoms with Crippen LogP contribution >= 0.6 is 0 Å². The van der Waals surface area contributed by atoms with E-state index in [4.69, 9.17) is 15.2 Å². The van der Waals surface area contributed by atoms with Gasteiger partial charge in [0.1, 0.15) is 12.4 Å².